The Labute approximate surface area is 113 Å². The van der Waals surface area contributed by atoms with Crippen molar-refractivity contribution in [3.8, 4) is 0 Å². The van der Waals surface area contributed by atoms with Gasteiger partial charge in [-0.05, 0) is 31.9 Å². The molecule has 0 unspecified atom stereocenters. The van der Waals surface area contributed by atoms with E-state index in [1.807, 2.05) is 6.07 Å². The predicted octanol–water partition coefficient (Wildman–Crippen LogP) is 1.80. The van der Waals surface area contributed by atoms with Crippen molar-refractivity contribution in [1.29, 1.82) is 0 Å². The number of aromatic nitrogens is 2. The fourth-order valence-corrected chi connectivity index (χ4v) is 2.75. The lowest BCUT2D eigenvalue weighted by molar-refractivity contribution is 0.184. The van der Waals surface area contributed by atoms with Gasteiger partial charge in [0.25, 0.3) is 0 Å². The summed E-state index contributed by atoms with van der Waals surface area (Å²) < 4.78 is 2.28. The molecule has 0 radical (unpaired) electrons. The van der Waals surface area contributed by atoms with Crippen LogP contribution in [0.4, 0.5) is 0 Å². The largest absolute Gasteiger partial charge is 0.395 e. The van der Waals surface area contributed by atoms with Crippen molar-refractivity contribution in [2.24, 2.45) is 0 Å². The number of imidazole rings is 1. The molecule has 1 heterocycles. The van der Waals surface area contributed by atoms with Crippen molar-refractivity contribution < 1.29 is 5.11 Å². The maximum Gasteiger partial charge on any atom is 0.106 e. The molecule has 1 aromatic heterocycles. The molecule has 1 N–H and O–H groups in total. The fourth-order valence-electron chi connectivity index (χ4n) is 2.75. The molecular weight excluding hydrogens is 238 g/mol. The molecule has 0 bridgehead atoms. The van der Waals surface area contributed by atoms with Gasteiger partial charge in [-0.3, -0.25) is 4.90 Å². The highest BCUT2D eigenvalue weighted by atomic mass is 16.3. The number of hydrogen-bond donors (Lipinski definition) is 1. The van der Waals surface area contributed by atoms with Crippen LogP contribution in [-0.4, -0.2) is 45.3 Å². The first kappa shape index (κ1) is 12.6. The van der Waals surface area contributed by atoms with Gasteiger partial charge in [-0.25, -0.2) is 4.98 Å². The van der Waals surface area contributed by atoms with Gasteiger partial charge in [0.1, 0.15) is 5.82 Å². The standard InChI is InChI=1S/C15H21N3O/c1-12-16-14-4-2-3-5-15(14)18(12)9-8-17(10-11-19)13-6-7-13/h2-5,13,19H,6-11H2,1H3. The van der Waals surface area contributed by atoms with Crippen molar-refractivity contribution in [2.45, 2.75) is 32.4 Å². The van der Waals surface area contributed by atoms with Gasteiger partial charge >= 0.3 is 0 Å². The highest BCUT2D eigenvalue weighted by Crippen LogP contribution is 2.26. The molecule has 0 aliphatic heterocycles. The quantitative estimate of drug-likeness (QED) is 0.860. The van der Waals surface area contributed by atoms with Crippen LogP contribution in [0.3, 0.4) is 0 Å². The molecule has 4 heteroatoms. The minimum absolute atomic E-state index is 0.250. The fraction of sp³-hybridized carbons (Fsp3) is 0.533. The maximum absolute atomic E-state index is 9.14. The van der Waals surface area contributed by atoms with E-state index in [9.17, 15) is 0 Å². The molecule has 1 aliphatic carbocycles. The van der Waals surface area contributed by atoms with E-state index in [1.54, 1.807) is 0 Å². The molecule has 1 saturated carbocycles. The molecule has 3 rings (SSSR count). The van der Waals surface area contributed by atoms with E-state index in [0.29, 0.717) is 6.04 Å². The number of aliphatic hydroxyl groups is 1. The van der Waals surface area contributed by atoms with Crippen LogP contribution in [0.2, 0.25) is 0 Å². The van der Waals surface area contributed by atoms with E-state index in [2.05, 4.69) is 39.6 Å². The minimum Gasteiger partial charge on any atom is -0.395 e. The molecule has 0 saturated heterocycles. The Hall–Kier alpha value is -1.39. The minimum atomic E-state index is 0.250. The van der Waals surface area contributed by atoms with E-state index >= 15 is 0 Å². The first-order valence-electron chi connectivity index (χ1n) is 7.06. The van der Waals surface area contributed by atoms with Crippen LogP contribution >= 0.6 is 0 Å². The summed E-state index contributed by atoms with van der Waals surface area (Å²) in [6.45, 7) is 5.04. The van der Waals surface area contributed by atoms with Crippen LogP contribution in [0.25, 0.3) is 11.0 Å². The van der Waals surface area contributed by atoms with Gasteiger partial charge in [-0.15, -0.1) is 0 Å². The van der Waals surface area contributed by atoms with Crippen molar-refractivity contribution in [3.05, 3.63) is 30.1 Å². The molecule has 1 aliphatic rings. The zero-order chi connectivity index (χ0) is 13.2. The monoisotopic (exact) mass is 259 g/mol. The van der Waals surface area contributed by atoms with E-state index in [1.165, 1.54) is 18.4 Å². The second kappa shape index (κ2) is 5.31. The normalized spacial score (nSPS) is 15.5. The first-order valence-corrected chi connectivity index (χ1v) is 7.06. The summed E-state index contributed by atoms with van der Waals surface area (Å²) in [6.07, 6.45) is 2.56. The Bertz CT molecular complexity index is 560. The summed E-state index contributed by atoms with van der Waals surface area (Å²) in [5.41, 5.74) is 2.28. The van der Waals surface area contributed by atoms with Crippen molar-refractivity contribution in [2.75, 3.05) is 19.7 Å². The molecule has 0 amide bonds. The smallest absolute Gasteiger partial charge is 0.106 e. The average molecular weight is 259 g/mol. The maximum atomic E-state index is 9.14. The topological polar surface area (TPSA) is 41.3 Å². The summed E-state index contributed by atoms with van der Waals surface area (Å²) in [4.78, 5) is 6.99. The summed E-state index contributed by atoms with van der Waals surface area (Å²) in [5.74, 6) is 1.07. The Balaban J connectivity index is 1.75. The van der Waals surface area contributed by atoms with Crippen molar-refractivity contribution >= 4 is 11.0 Å². The molecule has 102 valence electrons. The third kappa shape index (κ3) is 2.65. The number of aryl methyl sites for hydroxylation is 1. The van der Waals surface area contributed by atoms with Crippen molar-refractivity contribution in [3.63, 3.8) is 0 Å². The highest BCUT2D eigenvalue weighted by molar-refractivity contribution is 5.75. The summed E-state index contributed by atoms with van der Waals surface area (Å²) in [6, 6.07) is 8.98. The van der Waals surface area contributed by atoms with Crippen LogP contribution in [0, 0.1) is 6.92 Å². The van der Waals surface area contributed by atoms with Gasteiger partial charge in [-0.1, -0.05) is 12.1 Å². The third-order valence-corrected chi connectivity index (χ3v) is 3.91. The van der Waals surface area contributed by atoms with E-state index < -0.39 is 0 Å². The van der Waals surface area contributed by atoms with Gasteiger partial charge in [0.2, 0.25) is 0 Å². The van der Waals surface area contributed by atoms with Gasteiger partial charge in [0.05, 0.1) is 17.6 Å². The van der Waals surface area contributed by atoms with E-state index in [0.717, 1.165) is 31.0 Å². The molecule has 0 spiro atoms. The molecular formula is C15H21N3O. The lowest BCUT2D eigenvalue weighted by Gasteiger charge is -2.21. The van der Waals surface area contributed by atoms with Gasteiger partial charge in [-0.2, -0.15) is 0 Å². The number of fused-ring (bicyclic) bond motifs is 1. The Morgan fingerprint density at radius 3 is 2.84 bits per heavy atom. The number of aliphatic hydroxyl groups excluding tert-OH is 1. The summed E-state index contributed by atoms with van der Waals surface area (Å²) in [7, 11) is 0. The molecule has 19 heavy (non-hydrogen) atoms. The van der Waals surface area contributed by atoms with E-state index in [-0.39, 0.29) is 6.61 Å². The van der Waals surface area contributed by atoms with Gasteiger partial charge < -0.3 is 9.67 Å². The third-order valence-electron chi connectivity index (χ3n) is 3.91. The van der Waals surface area contributed by atoms with E-state index in [4.69, 9.17) is 5.11 Å². The van der Waals surface area contributed by atoms with Crippen LogP contribution in [0.1, 0.15) is 18.7 Å². The number of nitrogens with zero attached hydrogens (tertiary/aromatic N) is 3. The number of hydrogen-bond acceptors (Lipinski definition) is 3. The molecule has 2 aromatic rings. The summed E-state index contributed by atoms with van der Waals surface area (Å²) >= 11 is 0. The van der Waals surface area contributed by atoms with Gasteiger partial charge in [0, 0.05) is 25.7 Å². The average Bonchev–Trinajstić information content (AvgIpc) is 3.19. The molecule has 0 atom stereocenters. The highest BCUT2D eigenvalue weighted by Gasteiger charge is 2.28. The first-order chi connectivity index (χ1) is 9.29. The second-order valence-corrected chi connectivity index (χ2v) is 5.29. The lowest BCUT2D eigenvalue weighted by Crippen LogP contribution is -2.32. The van der Waals surface area contributed by atoms with Gasteiger partial charge in [0.15, 0.2) is 0 Å². The SMILES string of the molecule is Cc1nc2ccccc2n1CCN(CCO)C1CC1. The van der Waals surface area contributed by atoms with Crippen LogP contribution in [0.15, 0.2) is 24.3 Å². The number of para-hydroxylation sites is 2. The Morgan fingerprint density at radius 2 is 2.11 bits per heavy atom. The van der Waals surface area contributed by atoms with Crippen LogP contribution < -0.4 is 0 Å². The zero-order valence-electron chi connectivity index (χ0n) is 11.4. The predicted molar refractivity (Wildman–Crippen MR) is 76.2 cm³/mol. The molecule has 4 nitrogen and oxygen atoms in total. The van der Waals surface area contributed by atoms with Crippen LogP contribution in [-0.2, 0) is 6.54 Å². The Morgan fingerprint density at radius 1 is 1.32 bits per heavy atom. The van der Waals surface area contributed by atoms with Crippen LogP contribution in [0.5, 0.6) is 0 Å². The molecule has 1 aromatic carbocycles. The lowest BCUT2D eigenvalue weighted by atomic mass is 10.3. The second-order valence-electron chi connectivity index (χ2n) is 5.29. The zero-order valence-corrected chi connectivity index (χ0v) is 11.4. The number of rotatable bonds is 6. The Kier molecular flexibility index (Phi) is 3.53. The summed E-state index contributed by atoms with van der Waals surface area (Å²) in [5, 5.41) is 9.14. The van der Waals surface area contributed by atoms with Crippen molar-refractivity contribution in [1.82, 2.24) is 14.5 Å². The number of benzene rings is 1. The molecule has 1 fully saturated rings.